The molecule has 3 heterocycles. The maximum atomic E-state index is 13.4. The summed E-state index contributed by atoms with van der Waals surface area (Å²) in [5, 5.41) is 18.8. The van der Waals surface area contributed by atoms with Gasteiger partial charge < -0.3 is 39.9 Å². The number of amides is 5. The molecule has 248 valence electrons. The van der Waals surface area contributed by atoms with Gasteiger partial charge in [-0.1, -0.05) is 18.2 Å². The fourth-order valence-electron chi connectivity index (χ4n) is 5.36. The summed E-state index contributed by atoms with van der Waals surface area (Å²) in [6, 6.07) is 8.31. The van der Waals surface area contributed by atoms with Gasteiger partial charge in [-0.3, -0.25) is 24.0 Å². The number of carbonyl (C=O) groups excluding carboxylic acids is 5. The van der Waals surface area contributed by atoms with Crippen LogP contribution < -0.4 is 15.4 Å². The topological polar surface area (TPSA) is 193 Å². The zero-order chi connectivity index (χ0) is 33.2. The van der Waals surface area contributed by atoms with E-state index in [-0.39, 0.29) is 63.1 Å². The number of carboxylic acids is 1. The molecule has 1 aromatic carbocycles. The number of hydrogen-bond acceptors (Lipinski definition) is 9. The number of carboxylic acid groups (broad SMARTS) is 1. The standard InChI is InChI=1S/C30H39N7O9/c1-3-45-30(44)35-16-14-34(15-17-35)29(43)21(11-12-26(39)40)32-27(41)22-18-25(37(33-22)20-8-5-4-6-9-20)46-19-24(38)36-13-7-10-23(36)28(42)31-2/h4-6,8-9,18,21,23H,3,7,10-17,19H2,1-2H3,(H,31,42)(H,32,41)(H,39,40). The van der Waals surface area contributed by atoms with Crippen LogP contribution in [0.15, 0.2) is 36.4 Å². The highest BCUT2D eigenvalue weighted by molar-refractivity contribution is 5.96. The van der Waals surface area contributed by atoms with Crippen LogP contribution in [0.3, 0.4) is 0 Å². The normalized spacial score (nSPS) is 16.8. The minimum atomic E-state index is -1.18. The van der Waals surface area contributed by atoms with Gasteiger partial charge >= 0.3 is 12.1 Å². The number of aliphatic carboxylic acids is 1. The highest BCUT2D eigenvalue weighted by Crippen LogP contribution is 2.22. The van der Waals surface area contributed by atoms with E-state index < -0.39 is 48.5 Å². The lowest BCUT2D eigenvalue weighted by molar-refractivity contribution is -0.139. The van der Waals surface area contributed by atoms with Crippen molar-refractivity contribution in [2.45, 2.75) is 44.7 Å². The maximum Gasteiger partial charge on any atom is 0.409 e. The van der Waals surface area contributed by atoms with Gasteiger partial charge in [0.2, 0.25) is 17.7 Å². The number of ether oxygens (including phenoxy) is 2. The second-order valence-corrected chi connectivity index (χ2v) is 10.7. The van der Waals surface area contributed by atoms with Crippen LogP contribution in [0, 0.1) is 0 Å². The second-order valence-electron chi connectivity index (χ2n) is 10.7. The van der Waals surface area contributed by atoms with Crippen molar-refractivity contribution in [3.8, 4) is 11.6 Å². The van der Waals surface area contributed by atoms with E-state index in [0.29, 0.717) is 25.1 Å². The number of hydrogen-bond donors (Lipinski definition) is 3. The molecule has 0 saturated carbocycles. The van der Waals surface area contributed by atoms with E-state index in [1.807, 2.05) is 0 Å². The molecular formula is C30H39N7O9. The summed E-state index contributed by atoms with van der Waals surface area (Å²) in [5.41, 5.74) is 0.405. The molecule has 16 nitrogen and oxygen atoms in total. The summed E-state index contributed by atoms with van der Waals surface area (Å²) in [6.45, 7) is 2.75. The third-order valence-electron chi connectivity index (χ3n) is 7.74. The van der Waals surface area contributed by atoms with Crippen LogP contribution in [-0.4, -0.2) is 130 Å². The first kappa shape index (κ1) is 33.7. The SMILES string of the molecule is CCOC(=O)N1CCN(C(=O)C(CCC(=O)O)NC(=O)c2cc(OCC(=O)N3CCCC3C(=O)NC)n(-c3ccccc3)n2)CC1. The number of likely N-dealkylation sites (tertiary alicyclic amines) is 1. The number of carbonyl (C=O) groups is 6. The molecule has 4 rings (SSSR count). The summed E-state index contributed by atoms with van der Waals surface area (Å²) in [4.78, 5) is 79.9. The maximum absolute atomic E-state index is 13.4. The van der Waals surface area contributed by atoms with Crippen LogP contribution in [0.1, 0.15) is 43.1 Å². The molecule has 2 fully saturated rings. The molecule has 0 bridgehead atoms. The van der Waals surface area contributed by atoms with Crippen molar-refractivity contribution < 1.29 is 43.3 Å². The Hall–Kier alpha value is -5.15. The van der Waals surface area contributed by atoms with Crippen LogP contribution in [0.25, 0.3) is 5.69 Å². The second kappa shape index (κ2) is 15.7. The monoisotopic (exact) mass is 641 g/mol. The lowest BCUT2D eigenvalue weighted by atomic mass is 10.1. The van der Waals surface area contributed by atoms with Crippen molar-refractivity contribution in [1.29, 1.82) is 0 Å². The molecule has 2 atom stereocenters. The number of likely N-dealkylation sites (N-methyl/N-ethyl adjacent to an activating group) is 1. The Labute approximate surface area is 265 Å². The van der Waals surface area contributed by atoms with Gasteiger partial charge in [-0.2, -0.15) is 5.10 Å². The third-order valence-corrected chi connectivity index (χ3v) is 7.74. The average molecular weight is 642 g/mol. The van der Waals surface area contributed by atoms with Crippen molar-refractivity contribution in [3.63, 3.8) is 0 Å². The number of nitrogens with zero attached hydrogens (tertiary/aromatic N) is 5. The Morgan fingerprint density at radius 1 is 1.02 bits per heavy atom. The number of piperazine rings is 1. The van der Waals surface area contributed by atoms with E-state index in [0.717, 1.165) is 0 Å². The third kappa shape index (κ3) is 8.31. The Balaban J connectivity index is 1.49. The average Bonchev–Trinajstić information content (AvgIpc) is 3.74. The lowest BCUT2D eigenvalue weighted by Gasteiger charge is -2.35. The van der Waals surface area contributed by atoms with Gasteiger partial charge in [0.1, 0.15) is 12.1 Å². The van der Waals surface area contributed by atoms with Crippen molar-refractivity contribution >= 4 is 35.7 Å². The van der Waals surface area contributed by atoms with Crippen LogP contribution >= 0.6 is 0 Å². The number of aromatic nitrogens is 2. The van der Waals surface area contributed by atoms with Crippen LogP contribution in [0.4, 0.5) is 4.79 Å². The number of benzene rings is 1. The molecule has 0 spiro atoms. The molecule has 46 heavy (non-hydrogen) atoms. The molecule has 2 aromatic rings. The largest absolute Gasteiger partial charge is 0.481 e. The minimum absolute atomic E-state index is 0.0730. The summed E-state index contributed by atoms with van der Waals surface area (Å²) >= 11 is 0. The van der Waals surface area contributed by atoms with Crippen LogP contribution in [0.5, 0.6) is 5.88 Å². The summed E-state index contributed by atoms with van der Waals surface area (Å²) < 4.78 is 12.2. The zero-order valence-corrected chi connectivity index (χ0v) is 25.8. The van der Waals surface area contributed by atoms with Gasteiger partial charge in [0.15, 0.2) is 12.3 Å². The molecule has 2 aliphatic heterocycles. The molecule has 16 heteroatoms. The van der Waals surface area contributed by atoms with E-state index >= 15 is 0 Å². The van der Waals surface area contributed by atoms with E-state index in [4.69, 9.17) is 9.47 Å². The van der Waals surface area contributed by atoms with Gasteiger partial charge in [-0.15, -0.1) is 0 Å². The van der Waals surface area contributed by atoms with Gasteiger partial charge in [0.25, 0.3) is 11.8 Å². The van der Waals surface area contributed by atoms with Gasteiger partial charge in [0, 0.05) is 52.3 Å². The highest BCUT2D eigenvalue weighted by atomic mass is 16.6. The predicted octanol–water partition coefficient (Wildman–Crippen LogP) is 0.252. The first-order valence-corrected chi connectivity index (χ1v) is 15.1. The van der Waals surface area contributed by atoms with Crippen molar-refractivity contribution in [2.24, 2.45) is 0 Å². The number of nitrogens with one attached hydrogen (secondary N) is 2. The molecule has 0 aliphatic carbocycles. The van der Waals surface area contributed by atoms with Gasteiger partial charge in [-0.05, 0) is 38.3 Å². The Bertz CT molecular complexity index is 1420. The Morgan fingerprint density at radius 2 is 1.72 bits per heavy atom. The molecular weight excluding hydrogens is 602 g/mol. The molecule has 0 radical (unpaired) electrons. The van der Waals surface area contributed by atoms with E-state index in [1.165, 1.54) is 32.5 Å². The Morgan fingerprint density at radius 3 is 2.37 bits per heavy atom. The molecule has 2 aliphatic rings. The predicted molar refractivity (Wildman–Crippen MR) is 161 cm³/mol. The number of rotatable bonds is 12. The molecule has 1 aromatic heterocycles. The van der Waals surface area contributed by atoms with Gasteiger partial charge in [0.05, 0.1) is 12.3 Å². The van der Waals surface area contributed by atoms with Crippen molar-refractivity contribution in [1.82, 2.24) is 35.1 Å². The quantitative estimate of drug-likeness (QED) is 0.289. The zero-order valence-electron chi connectivity index (χ0n) is 25.8. The van der Waals surface area contributed by atoms with Crippen molar-refractivity contribution in [2.75, 3.05) is 53.0 Å². The Kier molecular flexibility index (Phi) is 11.5. The highest BCUT2D eigenvalue weighted by Gasteiger charge is 2.34. The molecule has 2 unspecified atom stereocenters. The summed E-state index contributed by atoms with van der Waals surface area (Å²) in [5.74, 6) is -2.96. The van der Waals surface area contributed by atoms with Crippen LogP contribution in [0.2, 0.25) is 0 Å². The van der Waals surface area contributed by atoms with E-state index in [1.54, 1.807) is 37.3 Å². The van der Waals surface area contributed by atoms with Crippen molar-refractivity contribution in [3.05, 3.63) is 42.1 Å². The summed E-state index contributed by atoms with van der Waals surface area (Å²) in [7, 11) is 1.51. The number of para-hydroxylation sites is 1. The molecule has 2 saturated heterocycles. The molecule has 3 N–H and O–H groups in total. The summed E-state index contributed by atoms with van der Waals surface area (Å²) in [6.07, 6.45) is 0.199. The lowest BCUT2D eigenvalue weighted by Crippen LogP contribution is -2.56. The van der Waals surface area contributed by atoms with Crippen LogP contribution in [-0.2, 0) is 23.9 Å². The fraction of sp³-hybridized carbons (Fsp3) is 0.500. The molecule has 5 amide bonds. The smallest absolute Gasteiger partial charge is 0.409 e. The van der Waals surface area contributed by atoms with Gasteiger partial charge in [-0.25, -0.2) is 9.48 Å². The fourth-order valence-corrected chi connectivity index (χ4v) is 5.36. The first-order valence-electron chi connectivity index (χ1n) is 15.1. The minimum Gasteiger partial charge on any atom is -0.481 e. The first-order chi connectivity index (χ1) is 22.1. The van der Waals surface area contributed by atoms with E-state index in [9.17, 15) is 33.9 Å². The van der Waals surface area contributed by atoms with E-state index in [2.05, 4.69) is 15.7 Å².